The molecule has 0 atom stereocenters. The van der Waals surface area contributed by atoms with Crippen LogP contribution in [0.15, 0.2) is 16.6 Å². The molecule has 0 radical (unpaired) electrons. The van der Waals surface area contributed by atoms with Crippen LogP contribution >= 0.6 is 15.9 Å². The van der Waals surface area contributed by atoms with Crippen LogP contribution in [0.5, 0.6) is 0 Å². The molecule has 1 aliphatic rings. The third-order valence-electron chi connectivity index (χ3n) is 3.18. The minimum absolute atomic E-state index is 0.488. The first-order chi connectivity index (χ1) is 8.57. The Kier molecular flexibility index (Phi) is 3.17. The maximum Gasteiger partial charge on any atom is 0.327 e. The van der Waals surface area contributed by atoms with Crippen molar-refractivity contribution in [3.8, 4) is 0 Å². The van der Waals surface area contributed by atoms with Crippen LogP contribution < -0.4 is 9.03 Å². The van der Waals surface area contributed by atoms with Crippen molar-refractivity contribution < 1.29 is 13.2 Å². The van der Waals surface area contributed by atoms with E-state index in [1.54, 1.807) is 26.0 Å². The summed E-state index contributed by atoms with van der Waals surface area (Å²) in [5, 5.41) is 0. The second kappa shape index (κ2) is 4.21. The molecule has 1 amide bonds. The van der Waals surface area contributed by atoms with Crippen molar-refractivity contribution in [1.82, 2.24) is 4.72 Å². The molecule has 1 saturated heterocycles. The molecule has 1 aromatic carbocycles. The second-order valence-corrected chi connectivity index (χ2v) is 7.47. The highest BCUT2D eigenvalue weighted by Crippen LogP contribution is 2.35. The summed E-state index contributed by atoms with van der Waals surface area (Å²) in [6.45, 7) is 6.93. The van der Waals surface area contributed by atoms with Gasteiger partial charge in [-0.3, -0.25) is 4.79 Å². The first kappa shape index (κ1) is 14.3. The van der Waals surface area contributed by atoms with Crippen LogP contribution in [0.2, 0.25) is 0 Å². The third kappa shape index (κ3) is 2.14. The van der Waals surface area contributed by atoms with Crippen LogP contribution in [-0.2, 0) is 15.0 Å². The van der Waals surface area contributed by atoms with Crippen molar-refractivity contribution in [3.63, 3.8) is 0 Å². The van der Waals surface area contributed by atoms with Gasteiger partial charge in [-0.15, -0.1) is 0 Å². The zero-order chi connectivity index (χ0) is 14.6. The Morgan fingerprint density at radius 2 is 1.68 bits per heavy atom. The number of carbonyl (C=O) groups excluding carboxylic acids is 1. The second-order valence-electron chi connectivity index (χ2n) is 5.15. The summed E-state index contributed by atoms with van der Waals surface area (Å²) in [7, 11) is -3.82. The number of carbonyl (C=O) groups is 1. The Balaban J connectivity index is 2.67. The molecule has 104 valence electrons. The van der Waals surface area contributed by atoms with Crippen LogP contribution in [-0.4, -0.2) is 19.9 Å². The van der Waals surface area contributed by atoms with Crippen LogP contribution in [0.3, 0.4) is 0 Å². The van der Waals surface area contributed by atoms with E-state index in [4.69, 9.17) is 0 Å². The van der Waals surface area contributed by atoms with E-state index < -0.39 is 21.7 Å². The van der Waals surface area contributed by atoms with Gasteiger partial charge in [0, 0.05) is 4.47 Å². The molecule has 7 heteroatoms. The monoisotopic (exact) mass is 346 g/mol. The van der Waals surface area contributed by atoms with Gasteiger partial charge >= 0.3 is 10.2 Å². The van der Waals surface area contributed by atoms with Gasteiger partial charge in [-0.25, -0.2) is 9.03 Å². The Morgan fingerprint density at radius 3 is 2.05 bits per heavy atom. The van der Waals surface area contributed by atoms with Crippen molar-refractivity contribution >= 4 is 37.7 Å². The maximum atomic E-state index is 12.1. The van der Waals surface area contributed by atoms with Gasteiger partial charge in [0.05, 0.1) is 5.69 Å². The van der Waals surface area contributed by atoms with Gasteiger partial charge in [0.1, 0.15) is 5.54 Å². The first-order valence-corrected chi connectivity index (χ1v) is 7.95. The molecular formula is C12H15BrN2O3S. The highest BCUT2D eigenvalue weighted by Gasteiger charge is 2.50. The number of nitrogens with zero attached hydrogens (tertiary/aromatic N) is 1. The van der Waals surface area contributed by atoms with Crippen LogP contribution in [0, 0.1) is 13.8 Å². The van der Waals surface area contributed by atoms with E-state index in [1.165, 1.54) is 0 Å². The molecule has 1 fully saturated rings. The molecule has 19 heavy (non-hydrogen) atoms. The van der Waals surface area contributed by atoms with Crippen LogP contribution in [0.1, 0.15) is 25.0 Å². The number of benzene rings is 1. The van der Waals surface area contributed by atoms with Gasteiger partial charge in [-0.05, 0) is 51.0 Å². The summed E-state index contributed by atoms with van der Waals surface area (Å²) in [6.07, 6.45) is 0. The minimum atomic E-state index is -3.82. The van der Waals surface area contributed by atoms with E-state index in [0.29, 0.717) is 5.69 Å². The zero-order valence-electron chi connectivity index (χ0n) is 11.1. The molecule has 0 unspecified atom stereocenters. The fourth-order valence-electron chi connectivity index (χ4n) is 2.18. The van der Waals surface area contributed by atoms with E-state index in [-0.39, 0.29) is 0 Å². The average molecular weight is 347 g/mol. The van der Waals surface area contributed by atoms with E-state index in [9.17, 15) is 13.2 Å². The number of anilines is 1. The number of amides is 1. The summed E-state index contributed by atoms with van der Waals surface area (Å²) in [5.41, 5.74) is 1.19. The molecule has 1 aromatic rings. The summed E-state index contributed by atoms with van der Waals surface area (Å²) in [6, 6.07) is 3.49. The fraction of sp³-hybridized carbons (Fsp3) is 0.417. The number of aryl methyl sites for hydroxylation is 2. The van der Waals surface area contributed by atoms with E-state index in [2.05, 4.69) is 15.9 Å². The topological polar surface area (TPSA) is 66.5 Å². The van der Waals surface area contributed by atoms with Gasteiger partial charge in [-0.2, -0.15) is 8.42 Å². The number of halogens is 1. The number of nitrogens with one attached hydrogen (secondary N) is 1. The smallest absolute Gasteiger partial charge is 0.271 e. The van der Waals surface area contributed by atoms with Gasteiger partial charge in [-0.1, -0.05) is 15.9 Å². The van der Waals surface area contributed by atoms with Crippen LogP contribution in [0.4, 0.5) is 5.69 Å². The molecule has 0 saturated carbocycles. The first-order valence-electron chi connectivity index (χ1n) is 5.72. The largest absolute Gasteiger partial charge is 0.327 e. The van der Waals surface area contributed by atoms with Crippen LogP contribution in [0.25, 0.3) is 0 Å². The van der Waals surface area contributed by atoms with E-state index >= 15 is 0 Å². The molecule has 0 aliphatic carbocycles. The third-order valence-corrected chi connectivity index (χ3v) is 6.02. The molecule has 0 spiro atoms. The summed E-state index contributed by atoms with van der Waals surface area (Å²) in [5.74, 6) is -0.522. The number of rotatable bonds is 1. The predicted molar refractivity (Wildman–Crippen MR) is 77.2 cm³/mol. The number of hydrogen-bond donors (Lipinski definition) is 1. The molecule has 1 heterocycles. The Morgan fingerprint density at radius 1 is 1.21 bits per heavy atom. The lowest BCUT2D eigenvalue weighted by Crippen LogP contribution is -2.44. The lowest BCUT2D eigenvalue weighted by molar-refractivity contribution is -0.122. The average Bonchev–Trinajstić information content (AvgIpc) is 2.39. The maximum absolute atomic E-state index is 12.1. The molecule has 5 nitrogen and oxygen atoms in total. The van der Waals surface area contributed by atoms with Crippen molar-refractivity contribution in [3.05, 3.63) is 27.7 Å². The zero-order valence-corrected chi connectivity index (χ0v) is 13.5. The Bertz CT molecular complexity index is 645. The fourth-order valence-corrected chi connectivity index (χ4v) is 4.05. The molecule has 1 N–H and O–H groups in total. The minimum Gasteiger partial charge on any atom is -0.271 e. The molecule has 0 aromatic heterocycles. The van der Waals surface area contributed by atoms with Gasteiger partial charge in [0.25, 0.3) is 5.91 Å². The normalized spacial score (nSPS) is 20.5. The Hall–Kier alpha value is -1.08. The highest BCUT2D eigenvalue weighted by atomic mass is 79.9. The molecule has 1 aliphatic heterocycles. The molecule has 0 bridgehead atoms. The summed E-state index contributed by atoms with van der Waals surface area (Å²) in [4.78, 5) is 11.8. The van der Waals surface area contributed by atoms with Crippen molar-refractivity contribution in [1.29, 1.82) is 0 Å². The molecule has 2 rings (SSSR count). The quantitative estimate of drug-likeness (QED) is 0.845. The van der Waals surface area contributed by atoms with Crippen molar-refractivity contribution in [2.24, 2.45) is 0 Å². The standard InChI is InChI=1S/C12H15BrN2O3S/c1-7-5-9(6-8(2)10(7)13)15-12(3,4)11(16)14-19(15,17)18/h5-6H,1-4H3,(H,14,16). The molecular weight excluding hydrogens is 332 g/mol. The van der Waals surface area contributed by atoms with Crippen molar-refractivity contribution in [2.75, 3.05) is 4.31 Å². The van der Waals surface area contributed by atoms with E-state index in [0.717, 1.165) is 19.9 Å². The highest BCUT2D eigenvalue weighted by molar-refractivity contribution is 9.10. The SMILES string of the molecule is Cc1cc(N2C(C)(C)C(=O)NS2(=O)=O)cc(C)c1Br. The Labute approximate surface area is 121 Å². The van der Waals surface area contributed by atoms with Gasteiger partial charge < -0.3 is 0 Å². The van der Waals surface area contributed by atoms with Gasteiger partial charge in [0.15, 0.2) is 0 Å². The van der Waals surface area contributed by atoms with E-state index in [1.807, 2.05) is 18.6 Å². The summed E-state index contributed by atoms with van der Waals surface area (Å²) < 4.78 is 28.3. The summed E-state index contributed by atoms with van der Waals surface area (Å²) >= 11 is 3.44. The lowest BCUT2D eigenvalue weighted by atomic mass is 10.0. The van der Waals surface area contributed by atoms with Crippen molar-refractivity contribution in [2.45, 2.75) is 33.2 Å². The van der Waals surface area contributed by atoms with Gasteiger partial charge in [0.2, 0.25) is 0 Å². The lowest BCUT2D eigenvalue weighted by Gasteiger charge is -2.28. The number of hydrogen-bond acceptors (Lipinski definition) is 3. The predicted octanol–water partition coefficient (Wildman–Crippen LogP) is 2.03.